The van der Waals surface area contributed by atoms with Crippen molar-refractivity contribution in [2.45, 2.75) is 20.3 Å². The van der Waals surface area contributed by atoms with Crippen LogP contribution in [-0.4, -0.2) is 34.9 Å². The molecule has 1 aromatic heterocycles. The van der Waals surface area contributed by atoms with Crippen LogP contribution in [0.5, 0.6) is 0 Å². The number of hydrazone groups is 1. The maximum absolute atomic E-state index is 4.32. The van der Waals surface area contributed by atoms with Crippen LogP contribution < -0.4 is 0 Å². The quantitative estimate of drug-likeness (QED) is 0.615. The van der Waals surface area contributed by atoms with Gasteiger partial charge in [0, 0.05) is 24.9 Å². The van der Waals surface area contributed by atoms with E-state index < -0.39 is 0 Å². The fraction of sp³-hybridized carbons (Fsp3) is 0.500. The summed E-state index contributed by atoms with van der Waals surface area (Å²) in [5, 5.41) is 8.49. The zero-order valence-electron chi connectivity index (χ0n) is 7.94. The molecule has 0 N–H and O–H groups in total. The Morgan fingerprint density at radius 3 is 2.85 bits per heavy atom. The number of hydrogen-bond donors (Lipinski definition) is 0. The molecular weight excluding hydrogens is 163 g/mol. The Balaban J connectivity index is 2.08. The van der Waals surface area contributed by atoms with Crippen molar-refractivity contribution in [1.29, 1.82) is 0 Å². The van der Waals surface area contributed by atoms with Crippen molar-refractivity contribution in [2.24, 2.45) is 5.10 Å². The Labute approximate surface area is 78.5 Å². The van der Waals surface area contributed by atoms with E-state index in [1.807, 2.05) is 37.1 Å². The van der Waals surface area contributed by atoms with E-state index in [2.05, 4.69) is 16.3 Å². The normalized spacial score (nSPS) is 15.4. The molecule has 0 bridgehead atoms. The van der Waals surface area contributed by atoms with Crippen LogP contribution in [0.4, 0.5) is 0 Å². The summed E-state index contributed by atoms with van der Waals surface area (Å²) in [6, 6.07) is 2.05. The van der Waals surface area contributed by atoms with Gasteiger partial charge in [0.25, 0.3) is 0 Å². The van der Waals surface area contributed by atoms with E-state index in [-0.39, 0.29) is 0 Å². The van der Waals surface area contributed by atoms with E-state index in [1.54, 1.807) is 0 Å². The molecule has 0 fully saturated rings. The minimum atomic E-state index is 0.957. The summed E-state index contributed by atoms with van der Waals surface area (Å²) < 4.78 is 1.86. The molecule has 1 radical (unpaired) electrons. The predicted molar refractivity (Wildman–Crippen MR) is 52.7 cm³/mol. The zero-order chi connectivity index (χ0) is 9.26. The van der Waals surface area contributed by atoms with Crippen molar-refractivity contribution in [1.82, 2.24) is 14.6 Å². The molecule has 0 aliphatic carbocycles. The van der Waals surface area contributed by atoms with Crippen LogP contribution in [-0.2, 0) is 0 Å². The first kappa shape index (κ1) is 8.35. The van der Waals surface area contributed by atoms with Gasteiger partial charge in [-0.05, 0) is 19.9 Å². The minimum absolute atomic E-state index is 0.957. The van der Waals surface area contributed by atoms with Gasteiger partial charge in [-0.15, -0.1) is 0 Å². The van der Waals surface area contributed by atoms with Gasteiger partial charge in [0.1, 0.15) is 0 Å². The molecule has 0 atom stereocenters. The lowest BCUT2D eigenvalue weighted by Gasteiger charge is -2.11. The fourth-order valence-corrected chi connectivity index (χ4v) is 1.39. The Bertz CT molecular complexity index is 331. The molecule has 2 heterocycles. The standard InChI is InChI=1S/C8H12BN4/c1-7-6-8(2)13(11-7)9-12-5-3-4-10-12/h4,6H,3,5H2,1-2H3. The molecule has 13 heavy (non-hydrogen) atoms. The molecular formula is C8H12BN4. The van der Waals surface area contributed by atoms with Gasteiger partial charge in [0.05, 0.1) is 5.69 Å². The minimum Gasteiger partial charge on any atom is -0.317 e. The van der Waals surface area contributed by atoms with Gasteiger partial charge in [0.15, 0.2) is 0 Å². The van der Waals surface area contributed by atoms with E-state index in [0.29, 0.717) is 0 Å². The van der Waals surface area contributed by atoms with E-state index >= 15 is 0 Å². The first-order chi connectivity index (χ1) is 6.25. The highest BCUT2D eigenvalue weighted by molar-refractivity contribution is 6.30. The molecule has 1 aromatic rings. The summed E-state index contributed by atoms with van der Waals surface area (Å²) in [5.74, 6) is 0. The molecule has 1 aliphatic heterocycles. The number of hydrogen-bond acceptors (Lipinski definition) is 3. The number of aromatic nitrogens is 2. The maximum Gasteiger partial charge on any atom is 0.432 e. The topological polar surface area (TPSA) is 33.4 Å². The lowest BCUT2D eigenvalue weighted by molar-refractivity contribution is 0.507. The van der Waals surface area contributed by atoms with Crippen molar-refractivity contribution >= 4 is 13.8 Å². The third kappa shape index (κ3) is 1.74. The van der Waals surface area contributed by atoms with Crippen molar-refractivity contribution in [3.8, 4) is 0 Å². The number of rotatable bonds is 2. The Morgan fingerprint density at radius 2 is 2.31 bits per heavy atom. The van der Waals surface area contributed by atoms with E-state index in [9.17, 15) is 0 Å². The molecule has 0 amide bonds. The van der Waals surface area contributed by atoms with Crippen LogP contribution in [0, 0.1) is 13.8 Å². The lowest BCUT2D eigenvalue weighted by atomic mass is 10.1. The summed E-state index contributed by atoms with van der Waals surface area (Å²) >= 11 is 0. The van der Waals surface area contributed by atoms with Crippen LogP contribution in [0.2, 0.25) is 0 Å². The maximum atomic E-state index is 4.32. The number of aryl methyl sites for hydroxylation is 2. The highest BCUT2D eigenvalue weighted by atomic mass is 15.5. The fourth-order valence-electron chi connectivity index (χ4n) is 1.39. The van der Waals surface area contributed by atoms with Gasteiger partial charge in [-0.25, -0.2) is 5.10 Å². The predicted octanol–water partition coefficient (Wildman–Crippen LogP) is 0.574. The third-order valence-corrected chi connectivity index (χ3v) is 2.00. The van der Waals surface area contributed by atoms with Crippen LogP contribution in [0.1, 0.15) is 17.8 Å². The van der Waals surface area contributed by atoms with Gasteiger partial charge >= 0.3 is 7.55 Å². The smallest absolute Gasteiger partial charge is 0.317 e. The SMILES string of the molecule is Cc1cc(C)n([B]N2CCC=N2)n1. The van der Waals surface area contributed by atoms with Crippen LogP contribution in [0.15, 0.2) is 11.2 Å². The van der Waals surface area contributed by atoms with Gasteiger partial charge in [-0.1, -0.05) is 0 Å². The highest BCUT2D eigenvalue weighted by Gasteiger charge is 2.12. The molecule has 0 unspecified atom stereocenters. The van der Waals surface area contributed by atoms with E-state index in [1.165, 1.54) is 0 Å². The molecule has 0 aromatic carbocycles. The average Bonchev–Trinajstić information content (AvgIpc) is 2.63. The van der Waals surface area contributed by atoms with Crippen molar-refractivity contribution in [2.75, 3.05) is 6.54 Å². The summed E-state index contributed by atoms with van der Waals surface area (Å²) in [6.45, 7) is 4.99. The summed E-state index contributed by atoms with van der Waals surface area (Å²) in [5.41, 5.74) is 2.18. The van der Waals surface area contributed by atoms with Gasteiger partial charge in [-0.2, -0.15) is 5.10 Å². The number of nitrogens with zero attached hydrogens (tertiary/aromatic N) is 4. The van der Waals surface area contributed by atoms with Crippen LogP contribution >= 0.6 is 0 Å². The van der Waals surface area contributed by atoms with Gasteiger partial charge in [0.2, 0.25) is 0 Å². The Kier molecular flexibility index (Phi) is 2.08. The second kappa shape index (κ2) is 3.24. The zero-order valence-corrected chi connectivity index (χ0v) is 7.94. The molecule has 0 spiro atoms. The summed E-state index contributed by atoms with van der Waals surface area (Å²) in [6.07, 6.45) is 2.94. The Morgan fingerprint density at radius 1 is 1.46 bits per heavy atom. The summed E-state index contributed by atoms with van der Waals surface area (Å²) in [4.78, 5) is 1.90. The molecule has 1 aliphatic rings. The van der Waals surface area contributed by atoms with Crippen molar-refractivity contribution in [3.63, 3.8) is 0 Å². The molecule has 4 nitrogen and oxygen atoms in total. The second-order valence-corrected chi connectivity index (χ2v) is 3.24. The van der Waals surface area contributed by atoms with Crippen molar-refractivity contribution < 1.29 is 0 Å². The monoisotopic (exact) mass is 175 g/mol. The van der Waals surface area contributed by atoms with Gasteiger partial charge < -0.3 is 4.92 Å². The first-order valence-corrected chi connectivity index (χ1v) is 4.42. The van der Waals surface area contributed by atoms with Crippen LogP contribution in [0.3, 0.4) is 0 Å². The molecule has 67 valence electrons. The largest absolute Gasteiger partial charge is 0.432 e. The molecule has 5 heteroatoms. The Hall–Kier alpha value is -1.26. The lowest BCUT2D eigenvalue weighted by Crippen LogP contribution is -2.28. The third-order valence-electron chi connectivity index (χ3n) is 2.00. The van der Waals surface area contributed by atoms with Crippen LogP contribution in [0.25, 0.3) is 0 Å². The second-order valence-electron chi connectivity index (χ2n) is 3.24. The highest BCUT2D eigenvalue weighted by Crippen LogP contribution is 2.03. The van der Waals surface area contributed by atoms with Crippen molar-refractivity contribution in [3.05, 3.63) is 17.5 Å². The average molecular weight is 175 g/mol. The summed E-state index contributed by atoms with van der Waals surface area (Å²) in [7, 11) is 1.92. The van der Waals surface area contributed by atoms with Gasteiger partial charge in [-0.3, -0.25) is 4.59 Å². The first-order valence-electron chi connectivity index (χ1n) is 4.42. The van der Waals surface area contributed by atoms with E-state index in [0.717, 1.165) is 24.4 Å². The molecule has 2 rings (SSSR count). The molecule has 0 saturated heterocycles. The van der Waals surface area contributed by atoms with E-state index in [4.69, 9.17) is 0 Å². The molecule has 0 saturated carbocycles.